The van der Waals surface area contributed by atoms with E-state index in [9.17, 15) is 22.8 Å². The Morgan fingerprint density at radius 3 is 2.33 bits per heavy atom. The van der Waals surface area contributed by atoms with Crippen LogP contribution in [0.15, 0.2) is 69.4 Å². The van der Waals surface area contributed by atoms with Gasteiger partial charge in [0.15, 0.2) is 5.65 Å². The molecule has 5 rings (SSSR count). The van der Waals surface area contributed by atoms with Gasteiger partial charge in [0.05, 0.1) is 23.4 Å². The van der Waals surface area contributed by atoms with Crippen molar-refractivity contribution in [2.24, 2.45) is 0 Å². The van der Waals surface area contributed by atoms with E-state index in [1.54, 1.807) is 36.4 Å². The molecule has 4 aromatic rings. The lowest BCUT2D eigenvalue weighted by molar-refractivity contribution is -0.137. The molecule has 0 aliphatic heterocycles. The minimum absolute atomic E-state index is 0.158. The molecule has 0 unspecified atom stereocenters. The van der Waals surface area contributed by atoms with Crippen LogP contribution in [0.1, 0.15) is 29.7 Å². The van der Waals surface area contributed by atoms with Gasteiger partial charge in [-0.2, -0.15) is 22.8 Å². The third kappa shape index (κ3) is 4.38. The van der Waals surface area contributed by atoms with E-state index in [4.69, 9.17) is 23.2 Å². The van der Waals surface area contributed by atoms with Crippen molar-refractivity contribution in [3.63, 3.8) is 0 Å². The number of allylic oxidation sites excluding steroid dienone is 4. The second-order valence-electron chi connectivity index (χ2n) is 8.13. The molecule has 3 heterocycles. The lowest BCUT2D eigenvalue weighted by Gasteiger charge is -2.19. The highest BCUT2D eigenvalue weighted by atomic mass is 35.5. The summed E-state index contributed by atoms with van der Waals surface area (Å²) >= 11 is 12.2. The molecule has 1 N–H and O–H groups in total. The summed E-state index contributed by atoms with van der Waals surface area (Å²) in [5.74, 6) is 0. The van der Waals surface area contributed by atoms with Gasteiger partial charge >= 0.3 is 11.9 Å². The molecule has 1 aliphatic carbocycles. The molecule has 1 aliphatic rings. The van der Waals surface area contributed by atoms with Crippen LogP contribution in [0.3, 0.4) is 0 Å². The Morgan fingerprint density at radius 1 is 0.972 bits per heavy atom. The topological polar surface area (TPSA) is 85.0 Å². The second-order valence-corrected chi connectivity index (χ2v) is 9.05. The van der Waals surface area contributed by atoms with E-state index in [0.717, 1.165) is 15.3 Å². The van der Waals surface area contributed by atoms with Crippen molar-refractivity contribution in [1.29, 1.82) is 0 Å². The predicted molar refractivity (Wildman–Crippen MR) is 130 cm³/mol. The number of hydrogen-bond acceptors (Lipinski definition) is 4. The molecule has 1 aromatic carbocycles. The van der Waals surface area contributed by atoms with E-state index >= 15 is 0 Å². The van der Waals surface area contributed by atoms with Crippen molar-refractivity contribution >= 4 is 34.4 Å². The largest absolute Gasteiger partial charge is 0.417 e. The summed E-state index contributed by atoms with van der Waals surface area (Å²) in [5.41, 5.74) is 0.208. The molecule has 0 amide bonds. The normalized spacial score (nSPS) is 14.1. The number of rotatable bonds is 4. The van der Waals surface area contributed by atoms with Crippen molar-refractivity contribution in [2.45, 2.75) is 25.6 Å². The van der Waals surface area contributed by atoms with Crippen LogP contribution in [0.2, 0.25) is 5.02 Å². The monoisotopic (exact) mass is 533 g/mol. The quantitative estimate of drug-likeness (QED) is 0.387. The van der Waals surface area contributed by atoms with Crippen molar-refractivity contribution in [3.8, 4) is 11.1 Å². The Balaban J connectivity index is 1.77. The van der Waals surface area contributed by atoms with Crippen molar-refractivity contribution in [1.82, 2.24) is 24.4 Å². The van der Waals surface area contributed by atoms with Crippen LogP contribution < -0.4 is 11.2 Å². The van der Waals surface area contributed by atoms with Gasteiger partial charge in [0.25, 0.3) is 5.56 Å². The minimum Gasteiger partial charge on any atom is -0.267 e. The lowest BCUT2D eigenvalue weighted by atomic mass is 9.91. The first-order chi connectivity index (χ1) is 17.1. The maximum absolute atomic E-state index is 13.9. The number of H-pyrrole nitrogens is 1. The van der Waals surface area contributed by atoms with Gasteiger partial charge in [0.2, 0.25) is 0 Å². The summed E-state index contributed by atoms with van der Waals surface area (Å²) in [7, 11) is 0. The van der Waals surface area contributed by atoms with Crippen LogP contribution in [-0.4, -0.2) is 24.4 Å². The molecule has 0 fully saturated rings. The van der Waals surface area contributed by atoms with E-state index in [1.165, 1.54) is 6.07 Å². The number of benzene rings is 1. The molecule has 36 heavy (non-hydrogen) atoms. The van der Waals surface area contributed by atoms with Gasteiger partial charge in [-0.1, -0.05) is 41.4 Å². The maximum atomic E-state index is 13.9. The number of aromatic nitrogens is 5. The minimum atomic E-state index is -4.55. The van der Waals surface area contributed by atoms with Crippen LogP contribution >= 0.6 is 23.2 Å². The molecule has 0 bridgehead atoms. The maximum Gasteiger partial charge on any atom is 0.417 e. The molecule has 184 valence electrons. The van der Waals surface area contributed by atoms with Crippen LogP contribution in [-0.2, 0) is 12.7 Å². The molecule has 0 spiro atoms. The predicted octanol–water partition coefficient (Wildman–Crippen LogP) is 5.27. The number of nitrogens with zero attached hydrogens (tertiary/aromatic N) is 4. The molecule has 0 saturated heterocycles. The number of aromatic amines is 1. The van der Waals surface area contributed by atoms with Gasteiger partial charge in [-0.05, 0) is 54.3 Å². The molecule has 0 saturated carbocycles. The summed E-state index contributed by atoms with van der Waals surface area (Å²) in [6, 6.07) is 8.79. The van der Waals surface area contributed by atoms with Gasteiger partial charge in [0, 0.05) is 21.8 Å². The first-order valence-corrected chi connectivity index (χ1v) is 11.5. The zero-order chi connectivity index (χ0) is 25.6. The number of alkyl halides is 3. The zero-order valence-corrected chi connectivity index (χ0v) is 19.8. The van der Waals surface area contributed by atoms with Gasteiger partial charge in [0.1, 0.15) is 0 Å². The summed E-state index contributed by atoms with van der Waals surface area (Å²) in [6.45, 7) is -0.259. The number of halogens is 5. The first kappa shape index (κ1) is 24.1. The average Bonchev–Trinajstić information content (AvgIpc) is 3.23. The summed E-state index contributed by atoms with van der Waals surface area (Å²) < 4.78 is 41.1. The van der Waals surface area contributed by atoms with Gasteiger partial charge in [-0.15, -0.1) is 0 Å². The molecule has 7 nitrogen and oxygen atoms in total. The van der Waals surface area contributed by atoms with Gasteiger partial charge < -0.3 is 0 Å². The number of hydrogen-bond donors (Lipinski definition) is 1. The fourth-order valence-corrected chi connectivity index (χ4v) is 4.39. The van der Waals surface area contributed by atoms with Crippen molar-refractivity contribution in [3.05, 3.63) is 102 Å². The Bertz CT molecular complexity index is 1650. The summed E-state index contributed by atoms with van der Waals surface area (Å²) in [4.78, 5) is 30.6. The summed E-state index contributed by atoms with van der Waals surface area (Å²) in [5, 5.41) is 7.67. The highest BCUT2D eigenvalue weighted by molar-refractivity contribution is 6.30. The Labute approximate surface area is 211 Å². The molecular formula is C24H16Cl2F3N5O2. The molecule has 0 atom stereocenters. The Hall–Kier alpha value is -3.63. The third-order valence-corrected chi connectivity index (χ3v) is 6.40. The highest BCUT2D eigenvalue weighted by Gasteiger charge is 2.31. The summed E-state index contributed by atoms with van der Waals surface area (Å²) in [6.07, 6.45) is 0.570. The molecular weight excluding hydrogens is 518 g/mol. The average molecular weight is 534 g/mol. The highest BCUT2D eigenvalue weighted by Crippen LogP contribution is 2.35. The Morgan fingerprint density at radius 2 is 1.72 bits per heavy atom. The molecule has 0 radical (unpaired) electrons. The van der Waals surface area contributed by atoms with E-state index in [1.807, 2.05) is 0 Å². The first-order valence-electron chi connectivity index (χ1n) is 10.7. The number of fused-ring (bicyclic) bond motifs is 1. The molecule has 3 aromatic heterocycles. The smallest absolute Gasteiger partial charge is 0.267 e. The standard InChI is InChI=1S/C24H16Cl2F3N5O2/c25-16-6-1-13(2-7-16)19-20(14-3-8-17(26)9-4-14)22(35)33(34-21(19)31-32-23(34)36)12-18-10-5-15(11-30-18)24(27,28)29/h1-3,5-8,10-11H,4,9,12H2,(H,32,36). The van der Waals surface area contributed by atoms with Crippen molar-refractivity contribution < 1.29 is 13.2 Å². The Kier molecular flexibility index (Phi) is 6.09. The van der Waals surface area contributed by atoms with E-state index in [0.29, 0.717) is 51.4 Å². The van der Waals surface area contributed by atoms with E-state index in [-0.39, 0.29) is 17.9 Å². The van der Waals surface area contributed by atoms with Crippen LogP contribution in [0, 0.1) is 0 Å². The van der Waals surface area contributed by atoms with Crippen molar-refractivity contribution in [2.75, 3.05) is 0 Å². The van der Waals surface area contributed by atoms with Gasteiger partial charge in [-0.3, -0.25) is 9.78 Å². The zero-order valence-electron chi connectivity index (χ0n) is 18.3. The van der Waals surface area contributed by atoms with E-state index < -0.39 is 23.0 Å². The van der Waals surface area contributed by atoms with Crippen LogP contribution in [0.5, 0.6) is 0 Å². The van der Waals surface area contributed by atoms with Crippen LogP contribution in [0.4, 0.5) is 13.2 Å². The number of pyridine rings is 1. The van der Waals surface area contributed by atoms with E-state index in [2.05, 4.69) is 15.2 Å². The SMILES string of the molecule is O=c1c(C2=CC=C(Cl)CC2)c(-c2ccc(Cl)cc2)c2n[nH]c(=O)n2n1Cc1ccc(C(F)(F)F)cn1. The molecule has 12 heteroatoms. The second kappa shape index (κ2) is 9.11. The van der Waals surface area contributed by atoms with Crippen LogP contribution in [0.25, 0.3) is 22.3 Å². The number of nitrogens with one attached hydrogen (secondary N) is 1. The third-order valence-electron chi connectivity index (χ3n) is 5.83. The lowest BCUT2D eigenvalue weighted by Crippen LogP contribution is -2.35. The van der Waals surface area contributed by atoms with Gasteiger partial charge in [-0.25, -0.2) is 14.6 Å². The fraction of sp³-hybridized carbons (Fsp3) is 0.167. The fourth-order valence-electron chi connectivity index (χ4n) is 4.11.